The second-order valence-electron chi connectivity index (χ2n) is 6.04. The monoisotopic (exact) mass is 360 g/mol. The number of hydrogen-bond acceptors (Lipinski definition) is 5. The molecule has 5 nitrogen and oxygen atoms in total. The van der Waals surface area contributed by atoms with Crippen LogP contribution in [0.5, 0.6) is 0 Å². The van der Waals surface area contributed by atoms with E-state index in [2.05, 4.69) is 27.4 Å². The molecule has 0 aliphatic heterocycles. The largest absolute Gasteiger partial charge is 0.543 e. The first-order chi connectivity index (χ1) is 11.4. The zero-order valence-corrected chi connectivity index (χ0v) is 17.2. The van der Waals surface area contributed by atoms with Crippen molar-refractivity contribution in [2.75, 3.05) is 19.8 Å². The van der Waals surface area contributed by atoms with Gasteiger partial charge in [-0.15, -0.1) is 0 Å². The van der Waals surface area contributed by atoms with E-state index in [-0.39, 0.29) is 0 Å². The maximum Gasteiger partial charge on any atom is 0.543 e. The molecule has 24 heavy (non-hydrogen) atoms. The topological polar surface area (TPSA) is 54.0 Å². The Balaban J connectivity index is 5.15. The second kappa shape index (κ2) is 13.6. The van der Waals surface area contributed by atoms with E-state index in [4.69, 9.17) is 18.0 Å². The highest BCUT2D eigenvalue weighted by Gasteiger charge is 2.50. The molecule has 1 unspecified atom stereocenters. The van der Waals surface area contributed by atoms with Crippen molar-refractivity contribution in [1.82, 2.24) is 0 Å². The van der Waals surface area contributed by atoms with Crippen LogP contribution in [0.2, 0.25) is 0 Å². The molecule has 0 aliphatic rings. The molecule has 0 aromatic heterocycles. The Hall–Kier alpha value is -0.693. The molecule has 0 saturated heterocycles. The lowest BCUT2D eigenvalue weighted by atomic mass is 10.4. The zero-order chi connectivity index (χ0) is 18.4. The van der Waals surface area contributed by atoms with Gasteiger partial charge in [0.1, 0.15) is 0 Å². The number of hydrogen-bond donors (Lipinski definition) is 0. The van der Waals surface area contributed by atoms with Crippen molar-refractivity contribution in [3.8, 4) is 0 Å². The summed E-state index contributed by atoms with van der Waals surface area (Å²) in [5.74, 6) is -0.434. The van der Waals surface area contributed by atoms with Crippen molar-refractivity contribution in [2.45, 2.75) is 78.9 Å². The highest BCUT2D eigenvalue weighted by atomic mass is 28.4. The smallest absolute Gasteiger partial charge is 0.455 e. The number of unbranched alkanes of at least 4 members (excludes halogenated alkanes) is 3. The molecule has 0 N–H and O–H groups in total. The minimum atomic E-state index is -3.10. The third-order valence-electron chi connectivity index (χ3n) is 3.53. The van der Waals surface area contributed by atoms with Gasteiger partial charge >= 0.3 is 14.8 Å². The molecule has 142 valence electrons. The quantitative estimate of drug-likeness (QED) is 0.187. The van der Waals surface area contributed by atoms with Crippen LogP contribution in [-0.4, -0.2) is 40.3 Å². The minimum absolute atomic E-state index is 0.362. The van der Waals surface area contributed by atoms with Gasteiger partial charge in [-0.05, 0) is 33.1 Å². The molecule has 0 aliphatic carbocycles. The Morgan fingerprint density at radius 3 is 1.58 bits per heavy atom. The number of rotatable bonds is 15. The van der Waals surface area contributed by atoms with Gasteiger partial charge in [0.25, 0.3) is 0 Å². The average Bonchev–Trinajstić information content (AvgIpc) is 2.54. The second-order valence-corrected chi connectivity index (χ2v) is 8.92. The molecule has 0 bridgehead atoms. The zero-order valence-electron chi connectivity index (χ0n) is 16.2. The molecule has 0 heterocycles. The van der Waals surface area contributed by atoms with Crippen LogP contribution in [0.3, 0.4) is 0 Å². The number of ether oxygens (including phenoxy) is 1. The van der Waals surface area contributed by atoms with Gasteiger partial charge in [0.2, 0.25) is 0 Å². The fourth-order valence-electron chi connectivity index (χ4n) is 1.89. The van der Waals surface area contributed by atoms with Gasteiger partial charge in [-0.1, -0.05) is 46.6 Å². The van der Waals surface area contributed by atoms with E-state index in [9.17, 15) is 4.79 Å². The number of carbonyl (C=O) groups is 1. The summed E-state index contributed by atoms with van der Waals surface area (Å²) in [5, 5.41) is 0. The molecule has 0 aromatic carbocycles. The highest BCUT2D eigenvalue weighted by molar-refractivity contribution is 6.62. The summed E-state index contributed by atoms with van der Waals surface area (Å²) in [6.07, 6.45) is 5.83. The first kappa shape index (κ1) is 23.3. The maximum atomic E-state index is 11.9. The van der Waals surface area contributed by atoms with Gasteiger partial charge in [0.15, 0.2) is 5.73 Å². The normalized spacial score (nSPS) is 12.9. The molecular formula is C18H36O5Si. The van der Waals surface area contributed by atoms with E-state index in [1.165, 1.54) is 0 Å². The Bertz CT molecular complexity index is 333. The summed E-state index contributed by atoms with van der Waals surface area (Å²) in [6, 6.07) is 0. The molecule has 0 amide bonds. The van der Waals surface area contributed by atoms with Gasteiger partial charge in [-0.3, -0.25) is 0 Å². The fourth-order valence-corrected chi connectivity index (χ4v) is 4.38. The third kappa shape index (κ3) is 8.96. The molecule has 0 aromatic rings. The van der Waals surface area contributed by atoms with Crippen molar-refractivity contribution in [3.63, 3.8) is 0 Å². The summed E-state index contributed by atoms with van der Waals surface area (Å²) in [6.45, 7) is 15.0. The summed E-state index contributed by atoms with van der Waals surface area (Å²) >= 11 is 0. The van der Waals surface area contributed by atoms with Crippen molar-refractivity contribution in [1.29, 1.82) is 0 Å². The van der Waals surface area contributed by atoms with Gasteiger partial charge in [0.05, 0.1) is 0 Å². The van der Waals surface area contributed by atoms with E-state index >= 15 is 0 Å². The summed E-state index contributed by atoms with van der Waals surface area (Å²) < 4.78 is 23.8. The first-order valence-electron chi connectivity index (χ1n) is 9.21. The molecule has 0 saturated carbocycles. The molecule has 0 radical (unpaired) electrons. The van der Waals surface area contributed by atoms with E-state index in [0.29, 0.717) is 25.4 Å². The SMILES string of the molecule is C=C(C)C(=O)OC(C)[Si](OCCCC)(OCCCC)OCCCC. The molecule has 1 atom stereocenters. The van der Waals surface area contributed by atoms with Gasteiger partial charge in [0, 0.05) is 25.4 Å². The lowest BCUT2D eigenvalue weighted by Gasteiger charge is -2.33. The first-order valence-corrected chi connectivity index (χ1v) is 11.0. The lowest BCUT2D eigenvalue weighted by molar-refractivity contribution is -0.143. The van der Waals surface area contributed by atoms with Crippen LogP contribution < -0.4 is 0 Å². The third-order valence-corrected chi connectivity index (χ3v) is 6.47. The van der Waals surface area contributed by atoms with Crippen LogP contribution in [0.15, 0.2) is 12.2 Å². The number of esters is 1. The average molecular weight is 361 g/mol. The van der Waals surface area contributed by atoms with E-state index in [0.717, 1.165) is 38.5 Å². The van der Waals surface area contributed by atoms with Crippen molar-refractivity contribution < 1.29 is 22.8 Å². The number of carbonyl (C=O) groups excluding carboxylic acids is 1. The molecule has 0 rings (SSSR count). The standard InChI is InChI=1S/C18H36O5Si/c1-7-10-13-20-24(21-14-11-8-2,22-15-12-9-3)17(6)23-18(19)16(4)5/h17H,4,7-15H2,1-3,5-6H3. The summed E-state index contributed by atoms with van der Waals surface area (Å²) in [4.78, 5) is 11.9. The maximum absolute atomic E-state index is 11.9. The minimum Gasteiger partial charge on any atom is -0.455 e. The Morgan fingerprint density at radius 1 is 0.917 bits per heavy atom. The van der Waals surface area contributed by atoms with Crippen LogP contribution in [0.4, 0.5) is 0 Å². The predicted molar refractivity (Wildman–Crippen MR) is 98.7 cm³/mol. The van der Waals surface area contributed by atoms with Crippen LogP contribution in [0, 0.1) is 0 Å². The lowest BCUT2D eigenvalue weighted by Crippen LogP contribution is -2.57. The van der Waals surface area contributed by atoms with Crippen LogP contribution >= 0.6 is 0 Å². The van der Waals surface area contributed by atoms with E-state index < -0.39 is 20.5 Å². The summed E-state index contributed by atoms with van der Waals surface area (Å²) in [7, 11) is -3.10. The molecule has 0 spiro atoms. The Labute approximate surface area is 149 Å². The van der Waals surface area contributed by atoms with Crippen LogP contribution in [-0.2, 0) is 22.8 Å². The predicted octanol–water partition coefficient (Wildman–Crippen LogP) is 4.42. The Morgan fingerprint density at radius 2 is 1.29 bits per heavy atom. The van der Waals surface area contributed by atoms with Gasteiger partial charge < -0.3 is 18.0 Å². The van der Waals surface area contributed by atoms with E-state index in [1.807, 2.05) is 0 Å². The van der Waals surface area contributed by atoms with Crippen molar-refractivity contribution in [3.05, 3.63) is 12.2 Å². The summed E-state index contributed by atoms with van der Waals surface area (Å²) in [5.41, 5.74) is -0.187. The molecule has 0 fully saturated rings. The van der Waals surface area contributed by atoms with Crippen molar-refractivity contribution >= 4 is 14.8 Å². The van der Waals surface area contributed by atoms with Gasteiger partial charge in [-0.2, -0.15) is 0 Å². The molecular weight excluding hydrogens is 324 g/mol. The Kier molecular flexibility index (Phi) is 13.2. The van der Waals surface area contributed by atoms with Gasteiger partial charge in [-0.25, -0.2) is 4.79 Å². The van der Waals surface area contributed by atoms with Crippen LogP contribution in [0.1, 0.15) is 73.1 Å². The van der Waals surface area contributed by atoms with E-state index in [1.54, 1.807) is 13.8 Å². The van der Waals surface area contributed by atoms with Crippen LogP contribution in [0.25, 0.3) is 0 Å². The fraction of sp³-hybridized carbons (Fsp3) is 0.833. The highest BCUT2D eigenvalue weighted by Crippen LogP contribution is 2.21. The van der Waals surface area contributed by atoms with Crippen molar-refractivity contribution in [2.24, 2.45) is 0 Å². The molecule has 6 heteroatoms.